The first-order valence-electron chi connectivity index (χ1n) is 11.4. The molecule has 0 aromatic carbocycles. The number of aliphatic hydroxyl groups is 5. The molecule has 3 aliphatic rings. The minimum absolute atomic E-state index is 0.203. The van der Waals surface area contributed by atoms with Crippen molar-refractivity contribution in [1.29, 1.82) is 0 Å². The number of quaternary nitrogens is 6. The van der Waals surface area contributed by atoms with Gasteiger partial charge in [-0.3, -0.25) is 0 Å². The van der Waals surface area contributed by atoms with Crippen LogP contribution in [0.1, 0.15) is 6.42 Å². The third kappa shape index (κ3) is 5.32. The van der Waals surface area contributed by atoms with Crippen LogP contribution in [-0.4, -0.2) is 130 Å². The molecule has 0 unspecified atom stereocenters. The summed E-state index contributed by atoms with van der Waals surface area (Å²) in [6.07, 6.45) is -10.8. The summed E-state index contributed by atoms with van der Waals surface area (Å²) in [4.78, 5) is 0. The average Bonchev–Trinajstić information content (AvgIpc) is 2.79. The normalized spacial score (nSPS) is 53.7. The molecular formula is C18H44N6O9+6. The maximum atomic E-state index is 10.9. The first-order valence-corrected chi connectivity index (χ1v) is 11.4. The lowest BCUT2D eigenvalue weighted by Gasteiger charge is -2.45. The fourth-order valence-electron chi connectivity index (χ4n) is 4.77. The number of hydrogen-bond acceptors (Lipinski definition) is 9. The molecule has 1 saturated carbocycles. The monoisotopic (exact) mass is 488 g/mol. The molecule has 15 atom stereocenters. The molecule has 23 N–H and O–H groups in total. The van der Waals surface area contributed by atoms with Crippen molar-refractivity contribution in [3.63, 3.8) is 0 Å². The van der Waals surface area contributed by atoms with Crippen LogP contribution in [-0.2, 0) is 18.9 Å². The molecule has 0 aromatic heterocycles. The number of ether oxygens (including phenoxy) is 4. The number of aliphatic hydroxyl groups excluding tert-OH is 5. The van der Waals surface area contributed by atoms with Crippen LogP contribution in [0.5, 0.6) is 0 Å². The molecule has 15 nitrogen and oxygen atoms in total. The van der Waals surface area contributed by atoms with Crippen molar-refractivity contribution in [1.82, 2.24) is 0 Å². The fourth-order valence-corrected chi connectivity index (χ4v) is 4.77. The lowest BCUT2D eigenvalue weighted by molar-refractivity contribution is -0.540. The molecule has 0 spiro atoms. The van der Waals surface area contributed by atoms with E-state index in [0.29, 0.717) is 6.42 Å². The summed E-state index contributed by atoms with van der Waals surface area (Å²) in [6.45, 7) is 0.434. The van der Waals surface area contributed by atoms with E-state index in [1.165, 1.54) is 0 Å². The highest BCUT2D eigenvalue weighted by atomic mass is 16.7. The number of rotatable bonds is 6. The summed E-state index contributed by atoms with van der Waals surface area (Å²) >= 11 is 0. The van der Waals surface area contributed by atoms with E-state index < -0.39 is 85.6 Å². The third-order valence-corrected chi connectivity index (χ3v) is 7.04. The van der Waals surface area contributed by atoms with Gasteiger partial charge in [0.1, 0.15) is 80.0 Å². The quantitative estimate of drug-likeness (QED) is 0.169. The molecule has 194 valence electrons. The Morgan fingerprint density at radius 2 is 1.15 bits per heavy atom. The topological polar surface area (TPSA) is 304 Å². The Labute approximate surface area is 190 Å². The van der Waals surface area contributed by atoms with Crippen LogP contribution in [0, 0.1) is 0 Å². The van der Waals surface area contributed by atoms with E-state index in [9.17, 15) is 25.5 Å². The van der Waals surface area contributed by atoms with Gasteiger partial charge in [-0.15, -0.1) is 0 Å². The van der Waals surface area contributed by atoms with Crippen LogP contribution >= 0.6 is 0 Å². The Hall–Kier alpha value is -0.600. The Morgan fingerprint density at radius 3 is 1.76 bits per heavy atom. The Morgan fingerprint density at radius 1 is 0.606 bits per heavy atom. The Balaban J connectivity index is 1.80. The van der Waals surface area contributed by atoms with Crippen molar-refractivity contribution in [3.05, 3.63) is 0 Å². The summed E-state index contributed by atoms with van der Waals surface area (Å²) in [6, 6.07) is -2.42. The van der Waals surface area contributed by atoms with Crippen LogP contribution < -0.4 is 34.4 Å². The molecule has 2 saturated heterocycles. The van der Waals surface area contributed by atoms with Crippen molar-refractivity contribution < 1.29 is 78.9 Å². The van der Waals surface area contributed by atoms with E-state index in [2.05, 4.69) is 34.4 Å². The molecule has 0 amide bonds. The highest BCUT2D eigenvalue weighted by Crippen LogP contribution is 2.30. The third-order valence-electron chi connectivity index (χ3n) is 7.04. The van der Waals surface area contributed by atoms with E-state index in [4.69, 9.17) is 18.9 Å². The van der Waals surface area contributed by atoms with Crippen molar-refractivity contribution in [2.75, 3.05) is 13.1 Å². The minimum atomic E-state index is -1.26. The maximum Gasteiger partial charge on any atom is 0.214 e. The van der Waals surface area contributed by atoms with Gasteiger partial charge in [0.2, 0.25) is 6.29 Å². The molecule has 33 heavy (non-hydrogen) atoms. The van der Waals surface area contributed by atoms with E-state index in [1.54, 1.807) is 0 Å². The molecule has 0 aromatic rings. The van der Waals surface area contributed by atoms with E-state index in [0.717, 1.165) is 0 Å². The molecule has 0 radical (unpaired) electrons. The van der Waals surface area contributed by atoms with Crippen molar-refractivity contribution in [2.45, 2.75) is 98.1 Å². The van der Waals surface area contributed by atoms with E-state index >= 15 is 0 Å². The second-order valence-corrected chi connectivity index (χ2v) is 9.40. The zero-order chi connectivity index (χ0) is 24.6. The highest BCUT2D eigenvalue weighted by molar-refractivity contribution is 4.97. The molecule has 15 heteroatoms. The summed E-state index contributed by atoms with van der Waals surface area (Å²) in [5, 5.41) is 52.3. The maximum absolute atomic E-state index is 10.9. The largest absolute Gasteiger partial charge is 0.387 e. The first-order chi connectivity index (χ1) is 15.5. The zero-order valence-electron chi connectivity index (χ0n) is 18.9. The second-order valence-electron chi connectivity index (χ2n) is 9.40. The van der Waals surface area contributed by atoms with Crippen LogP contribution in [0.25, 0.3) is 0 Å². The Bertz CT molecular complexity index is 636. The molecule has 0 bridgehead atoms. The van der Waals surface area contributed by atoms with Crippen LogP contribution in [0.3, 0.4) is 0 Å². The molecule has 3 rings (SSSR count). The fraction of sp³-hybridized carbons (Fsp3) is 1.00. The summed E-state index contributed by atoms with van der Waals surface area (Å²) in [5.74, 6) is 0. The summed E-state index contributed by atoms with van der Waals surface area (Å²) in [5.41, 5.74) is 23.3. The molecular weight excluding hydrogens is 444 g/mol. The standard InChI is InChI=1S/C18H38N6O9/c19-2-6-11(26)8(23)14(29)18(31-6)33-16-10(25)4(21)1-5(22)15(16)32-17-9(24)13(28)12(27)7(3-20)30-17/h4-18,25-29H,1-3,19-24H2/p+6/t4-,5+,6-,7-,8-,9-,10+,11-,12-,13-,14-,15-,16-,17-,18+/m1/s1. The zero-order valence-corrected chi connectivity index (χ0v) is 18.9. The van der Waals surface area contributed by atoms with Crippen molar-refractivity contribution in [3.8, 4) is 0 Å². The van der Waals surface area contributed by atoms with Crippen LogP contribution in [0.2, 0.25) is 0 Å². The molecule has 3 fully saturated rings. The van der Waals surface area contributed by atoms with Gasteiger partial charge in [0.25, 0.3) is 0 Å². The number of hydrogen-bond donors (Lipinski definition) is 11. The summed E-state index contributed by atoms with van der Waals surface area (Å²) < 4.78 is 23.7. The van der Waals surface area contributed by atoms with Crippen LogP contribution in [0.4, 0.5) is 0 Å². The average molecular weight is 489 g/mol. The van der Waals surface area contributed by atoms with Gasteiger partial charge in [-0.2, -0.15) is 0 Å². The summed E-state index contributed by atoms with van der Waals surface area (Å²) in [7, 11) is 0. The van der Waals surface area contributed by atoms with E-state index in [-0.39, 0.29) is 19.1 Å². The SMILES string of the molecule is [NH3+]C[C@H]1O[C@@H](O[C@@H]2[C@@H](O)[C@H]([NH3+])C[C@H]([NH3+])[C@H]2O[C@H]2O[C@H](C[NH3+])[C@@H](O)[C@H](O)[C@H]2[NH3+])[C@H](O)[C@H]([NH3+])[C@@H]1O. The lowest BCUT2D eigenvalue weighted by Crippen LogP contribution is -2.84. The van der Waals surface area contributed by atoms with Gasteiger partial charge in [-0.05, 0) is 0 Å². The predicted molar refractivity (Wildman–Crippen MR) is 104 cm³/mol. The van der Waals surface area contributed by atoms with Gasteiger partial charge in [0, 0.05) is 0 Å². The van der Waals surface area contributed by atoms with Gasteiger partial charge >= 0.3 is 0 Å². The van der Waals surface area contributed by atoms with Crippen LogP contribution in [0.15, 0.2) is 0 Å². The van der Waals surface area contributed by atoms with Gasteiger partial charge in [0.15, 0.2) is 18.4 Å². The van der Waals surface area contributed by atoms with Gasteiger partial charge in [-0.1, -0.05) is 0 Å². The minimum Gasteiger partial charge on any atom is -0.387 e. The van der Waals surface area contributed by atoms with E-state index in [1.807, 2.05) is 0 Å². The smallest absolute Gasteiger partial charge is 0.214 e. The Kier molecular flexibility index (Phi) is 8.99. The van der Waals surface area contributed by atoms with Gasteiger partial charge < -0.3 is 78.9 Å². The molecule has 2 heterocycles. The van der Waals surface area contributed by atoms with Gasteiger partial charge in [-0.25, -0.2) is 0 Å². The van der Waals surface area contributed by atoms with Crippen molar-refractivity contribution >= 4 is 0 Å². The molecule has 1 aliphatic carbocycles. The second kappa shape index (κ2) is 11.0. The lowest BCUT2D eigenvalue weighted by atomic mass is 9.84. The first kappa shape index (κ1) is 27.0. The predicted octanol–water partition coefficient (Wildman–Crippen LogP) is -11.7. The molecule has 2 aliphatic heterocycles. The van der Waals surface area contributed by atoms with Gasteiger partial charge in [0.05, 0.1) is 6.42 Å². The van der Waals surface area contributed by atoms with Crippen molar-refractivity contribution in [2.24, 2.45) is 0 Å². The highest BCUT2D eigenvalue weighted by Gasteiger charge is 2.55.